The molecule has 60 valence electrons. The van der Waals surface area contributed by atoms with E-state index in [1.54, 1.807) is 11.4 Å². The Morgan fingerprint density at radius 3 is 2.64 bits per heavy atom. The van der Waals surface area contributed by atoms with Crippen LogP contribution in [-0.2, 0) is 0 Å². The maximum Gasteiger partial charge on any atom is 0.194 e. The van der Waals surface area contributed by atoms with Gasteiger partial charge in [-0.3, -0.25) is 4.79 Å². The highest BCUT2D eigenvalue weighted by molar-refractivity contribution is 7.08. The monoisotopic (exact) mass is 170 g/mol. The van der Waals surface area contributed by atoms with Crippen molar-refractivity contribution in [2.75, 3.05) is 0 Å². The molecule has 0 saturated heterocycles. The zero-order valence-corrected chi connectivity index (χ0v) is 7.31. The fraction of sp³-hybridized carbons (Fsp3) is 0.375. The SMILES string of the molecule is CC(C)(O)C(=O)c1ccsc1. The molecule has 0 aliphatic heterocycles. The van der Waals surface area contributed by atoms with Gasteiger partial charge >= 0.3 is 0 Å². The van der Waals surface area contributed by atoms with E-state index in [1.807, 2.05) is 5.38 Å². The summed E-state index contributed by atoms with van der Waals surface area (Å²) in [6.45, 7) is 2.99. The van der Waals surface area contributed by atoms with Crippen molar-refractivity contribution in [2.45, 2.75) is 19.4 Å². The second kappa shape index (κ2) is 2.75. The van der Waals surface area contributed by atoms with Gasteiger partial charge in [-0.15, -0.1) is 0 Å². The van der Waals surface area contributed by atoms with E-state index in [-0.39, 0.29) is 5.78 Å². The van der Waals surface area contributed by atoms with Gasteiger partial charge in [0.05, 0.1) is 0 Å². The van der Waals surface area contributed by atoms with Crippen LogP contribution in [0.2, 0.25) is 0 Å². The lowest BCUT2D eigenvalue weighted by Gasteiger charge is -2.13. The van der Waals surface area contributed by atoms with Gasteiger partial charge in [-0.1, -0.05) is 0 Å². The molecule has 1 rings (SSSR count). The molecule has 0 aliphatic rings. The third-order valence-corrected chi connectivity index (χ3v) is 2.02. The number of carbonyl (C=O) groups excluding carboxylic acids is 1. The second-order valence-corrected chi connectivity index (χ2v) is 3.68. The van der Waals surface area contributed by atoms with Gasteiger partial charge in [0.1, 0.15) is 5.60 Å². The first-order valence-electron chi connectivity index (χ1n) is 3.31. The molecule has 2 nitrogen and oxygen atoms in total. The summed E-state index contributed by atoms with van der Waals surface area (Å²) in [4.78, 5) is 11.3. The van der Waals surface area contributed by atoms with Gasteiger partial charge in [0, 0.05) is 10.9 Å². The highest BCUT2D eigenvalue weighted by Gasteiger charge is 2.24. The third-order valence-electron chi connectivity index (χ3n) is 1.34. The van der Waals surface area contributed by atoms with Crippen LogP contribution in [0.5, 0.6) is 0 Å². The minimum atomic E-state index is -1.25. The van der Waals surface area contributed by atoms with Crippen LogP contribution < -0.4 is 0 Å². The first kappa shape index (κ1) is 8.43. The van der Waals surface area contributed by atoms with Crippen molar-refractivity contribution < 1.29 is 9.90 Å². The molecule has 0 radical (unpaired) electrons. The minimum absolute atomic E-state index is 0.223. The van der Waals surface area contributed by atoms with Gasteiger partial charge in [-0.2, -0.15) is 11.3 Å². The Hall–Kier alpha value is -0.670. The summed E-state index contributed by atoms with van der Waals surface area (Å²) in [5.41, 5.74) is -0.663. The Balaban J connectivity index is 2.88. The summed E-state index contributed by atoms with van der Waals surface area (Å²) in [5, 5.41) is 12.9. The van der Waals surface area contributed by atoms with Gasteiger partial charge in [0.15, 0.2) is 5.78 Å². The van der Waals surface area contributed by atoms with E-state index in [1.165, 1.54) is 25.2 Å². The first-order valence-corrected chi connectivity index (χ1v) is 4.25. The van der Waals surface area contributed by atoms with E-state index >= 15 is 0 Å². The van der Waals surface area contributed by atoms with Crippen molar-refractivity contribution in [2.24, 2.45) is 0 Å². The molecular weight excluding hydrogens is 160 g/mol. The van der Waals surface area contributed by atoms with E-state index < -0.39 is 5.60 Å². The summed E-state index contributed by atoms with van der Waals surface area (Å²) >= 11 is 1.45. The molecule has 1 heterocycles. The number of thiophene rings is 1. The zero-order valence-electron chi connectivity index (χ0n) is 6.50. The molecule has 0 bridgehead atoms. The maximum absolute atomic E-state index is 11.3. The Bertz CT molecular complexity index is 244. The number of Topliss-reactive ketones (excluding diaryl/α,β-unsaturated/α-hetero) is 1. The molecular formula is C8H10O2S. The molecule has 1 N–H and O–H groups in total. The molecule has 0 fully saturated rings. The minimum Gasteiger partial charge on any atom is -0.382 e. The molecule has 0 amide bonds. The number of hydrogen-bond donors (Lipinski definition) is 1. The van der Waals surface area contributed by atoms with E-state index in [2.05, 4.69) is 0 Å². The lowest BCUT2D eigenvalue weighted by molar-refractivity contribution is 0.0488. The lowest BCUT2D eigenvalue weighted by Crippen LogP contribution is -2.30. The highest BCUT2D eigenvalue weighted by Crippen LogP contribution is 2.14. The fourth-order valence-electron chi connectivity index (χ4n) is 0.747. The van der Waals surface area contributed by atoms with Crippen molar-refractivity contribution in [3.05, 3.63) is 22.4 Å². The third kappa shape index (κ3) is 1.88. The van der Waals surface area contributed by atoms with Crippen LogP contribution >= 0.6 is 11.3 Å². The van der Waals surface area contributed by atoms with Gasteiger partial charge < -0.3 is 5.11 Å². The number of rotatable bonds is 2. The molecule has 0 atom stereocenters. The summed E-state index contributed by atoms with van der Waals surface area (Å²) in [7, 11) is 0. The van der Waals surface area contributed by atoms with Crippen LogP contribution in [0.1, 0.15) is 24.2 Å². The van der Waals surface area contributed by atoms with Crippen LogP contribution in [-0.4, -0.2) is 16.5 Å². The van der Waals surface area contributed by atoms with E-state index in [0.717, 1.165) is 0 Å². The quantitative estimate of drug-likeness (QED) is 0.686. The average Bonchev–Trinajstić information content (AvgIpc) is 2.34. The summed E-state index contributed by atoms with van der Waals surface area (Å²) in [5.74, 6) is -0.223. The second-order valence-electron chi connectivity index (χ2n) is 2.90. The first-order chi connectivity index (χ1) is 5.02. The highest BCUT2D eigenvalue weighted by atomic mass is 32.1. The van der Waals surface area contributed by atoms with Crippen molar-refractivity contribution in [1.82, 2.24) is 0 Å². The van der Waals surface area contributed by atoms with Gasteiger partial charge in [-0.05, 0) is 25.3 Å². The maximum atomic E-state index is 11.3. The van der Waals surface area contributed by atoms with Crippen LogP contribution in [0.15, 0.2) is 16.8 Å². The lowest BCUT2D eigenvalue weighted by atomic mass is 9.99. The Morgan fingerprint density at radius 1 is 1.64 bits per heavy atom. The normalized spacial score (nSPS) is 11.5. The standard InChI is InChI=1S/C8H10O2S/c1-8(2,10)7(9)6-3-4-11-5-6/h3-5,10H,1-2H3. The van der Waals surface area contributed by atoms with Crippen molar-refractivity contribution >= 4 is 17.1 Å². The van der Waals surface area contributed by atoms with E-state index in [9.17, 15) is 9.90 Å². The van der Waals surface area contributed by atoms with E-state index in [4.69, 9.17) is 0 Å². The molecule has 1 aromatic rings. The van der Waals surface area contributed by atoms with Gasteiger partial charge in [-0.25, -0.2) is 0 Å². The van der Waals surface area contributed by atoms with Crippen LogP contribution in [0.4, 0.5) is 0 Å². The zero-order chi connectivity index (χ0) is 8.48. The summed E-state index contributed by atoms with van der Waals surface area (Å²) in [6, 6.07) is 1.71. The fourth-order valence-corrected chi connectivity index (χ4v) is 1.38. The number of ketones is 1. The Labute approximate surface area is 69.5 Å². The molecule has 11 heavy (non-hydrogen) atoms. The molecule has 0 unspecified atom stereocenters. The Kier molecular flexibility index (Phi) is 2.11. The summed E-state index contributed by atoms with van der Waals surface area (Å²) in [6.07, 6.45) is 0. The van der Waals surface area contributed by atoms with E-state index in [0.29, 0.717) is 5.56 Å². The number of hydrogen-bond acceptors (Lipinski definition) is 3. The average molecular weight is 170 g/mol. The molecule has 0 spiro atoms. The number of aliphatic hydroxyl groups is 1. The molecule has 0 saturated carbocycles. The summed E-state index contributed by atoms with van der Waals surface area (Å²) < 4.78 is 0. The van der Waals surface area contributed by atoms with Gasteiger partial charge in [0.2, 0.25) is 0 Å². The van der Waals surface area contributed by atoms with Gasteiger partial charge in [0.25, 0.3) is 0 Å². The molecule has 3 heteroatoms. The van der Waals surface area contributed by atoms with Crippen LogP contribution in [0.25, 0.3) is 0 Å². The predicted molar refractivity (Wildman–Crippen MR) is 44.9 cm³/mol. The Morgan fingerprint density at radius 2 is 2.27 bits per heavy atom. The van der Waals surface area contributed by atoms with Crippen molar-refractivity contribution in [3.8, 4) is 0 Å². The van der Waals surface area contributed by atoms with Crippen LogP contribution in [0, 0.1) is 0 Å². The smallest absolute Gasteiger partial charge is 0.194 e. The molecule has 0 aromatic carbocycles. The van der Waals surface area contributed by atoms with Crippen molar-refractivity contribution in [1.29, 1.82) is 0 Å². The predicted octanol–water partition coefficient (Wildman–Crippen LogP) is 1.70. The number of carbonyl (C=O) groups is 1. The van der Waals surface area contributed by atoms with Crippen molar-refractivity contribution in [3.63, 3.8) is 0 Å². The molecule has 1 aromatic heterocycles. The largest absolute Gasteiger partial charge is 0.382 e. The topological polar surface area (TPSA) is 37.3 Å². The van der Waals surface area contributed by atoms with Crippen LogP contribution in [0.3, 0.4) is 0 Å². The molecule has 0 aliphatic carbocycles.